The zero-order valence-corrected chi connectivity index (χ0v) is 4.74. The van der Waals surface area contributed by atoms with Crippen molar-refractivity contribution >= 4 is 5.97 Å². The maximum absolute atomic E-state index is 10.5. The molecule has 0 aromatic heterocycles. The third kappa shape index (κ3) is 1.04. The molecule has 0 N–H and O–H groups in total. The Bertz CT molecular complexity index is 184. The second-order valence-corrected chi connectivity index (χ2v) is 1.31. The van der Waals surface area contributed by atoms with Gasteiger partial charge in [-0.25, -0.2) is 4.79 Å². The molecule has 0 aromatic rings. The number of esters is 1. The summed E-state index contributed by atoms with van der Waals surface area (Å²) in [6, 6.07) is 0. The van der Waals surface area contributed by atoms with Gasteiger partial charge < -0.3 is 4.74 Å². The average molecular weight is 126 g/mol. The van der Waals surface area contributed by atoms with E-state index in [0.717, 1.165) is 0 Å². The van der Waals surface area contributed by atoms with E-state index in [1.165, 1.54) is 13.3 Å². The first-order valence-electron chi connectivity index (χ1n) is 2.24. The van der Waals surface area contributed by atoms with Gasteiger partial charge in [-0.1, -0.05) is 0 Å². The molecule has 0 saturated heterocycles. The molecule has 9 heavy (non-hydrogen) atoms. The van der Waals surface area contributed by atoms with Gasteiger partial charge in [0.2, 0.25) is 0 Å². The summed E-state index contributed by atoms with van der Waals surface area (Å²) >= 11 is 0. The first-order valence-corrected chi connectivity index (χ1v) is 2.24. The third-order valence-electron chi connectivity index (χ3n) is 0.779. The molecule has 0 aromatic carbocycles. The highest BCUT2D eigenvalue weighted by molar-refractivity contribution is 5.87. The van der Waals surface area contributed by atoms with E-state index in [-0.39, 0.29) is 5.70 Å². The number of ether oxygens (including phenoxy) is 1. The Hall–Kier alpha value is -1.39. The summed E-state index contributed by atoms with van der Waals surface area (Å²) in [4.78, 5) is 10.5. The highest BCUT2D eigenvalue weighted by Gasteiger charge is 2.13. The van der Waals surface area contributed by atoms with Gasteiger partial charge in [0, 0.05) is 0 Å². The second-order valence-electron chi connectivity index (χ2n) is 1.31. The smallest absolute Gasteiger partial charge is 0.360 e. The van der Waals surface area contributed by atoms with Crippen molar-refractivity contribution in [3.8, 4) is 0 Å². The summed E-state index contributed by atoms with van der Waals surface area (Å²) in [5.74, 6) is -0.514. The van der Waals surface area contributed by atoms with E-state index >= 15 is 0 Å². The molecule has 5 nitrogen and oxygen atoms in total. The molecule has 0 aliphatic carbocycles. The maximum Gasteiger partial charge on any atom is 0.360 e. The van der Waals surface area contributed by atoms with E-state index in [4.69, 9.17) is 0 Å². The summed E-state index contributed by atoms with van der Waals surface area (Å²) in [5.41, 5.74) is 3.49. The van der Waals surface area contributed by atoms with Gasteiger partial charge in [-0.15, -0.1) is 10.5 Å². The van der Waals surface area contributed by atoms with Crippen molar-refractivity contribution < 1.29 is 9.53 Å². The lowest BCUT2D eigenvalue weighted by Crippen LogP contribution is -2.08. The van der Waals surface area contributed by atoms with Crippen molar-refractivity contribution in [1.82, 2.24) is 5.43 Å². The average Bonchev–Trinajstić information content (AvgIpc) is 2.37. The normalized spacial score (nSPS) is 14.6. The van der Waals surface area contributed by atoms with Crippen LogP contribution in [0.3, 0.4) is 0 Å². The van der Waals surface area contributed by atoms with E-state index in [1.54, 1.807) is 0 Å². The van der Waals surface area contributed by atoms with Crippen molar-refractivity contribution in [2.24, 2.45) is 10.3 Å². The van der Waals surface area contributed by atoms with Crippen LogP contribution in [0.25, 0.3) is 0 Å². The summed E-state index contributed by atoms with van der Waals surface area (Å²) in [6.07, 6.45) is 1.24. The van der Waals surface area contributed by atoms with Gasteiger partial charge in [-0.05, 0) is 5.22 Å². The minimum Gasteiger partial charge on any atom is -0.464 e. The van der Waals surface area contributed by atoms with Crippen LogP contribution in [-0.2, 0) is 9.53 Å². The van der Waals surface area contributed by atoms with Gasteiger partial charge in [-0.2, -0.15) is 0 Å². The van der Waals surface area contributed by atoms with Crippen LogP contribution in [0.2, 0.25) is 0 Å². The standard InChI is InChI=1S/C4H4N3O2/c1-9-4(8)3-2-5-7-6-3/h2H,1H3. The Labute approximate surface area is 51.4 Å². The number of hydrogen-bond acceptors (Lipinski definition) is 4. The Morgan fingerprint density at radius 1 is 1.78 bits per heavy atom. The minimum atomic E-state index is -0.514. The van der Waals surface area contributed by atoms with Crippen LogP contribution in [0.15, 0.2) is 22.2 Å². The SMILES string of the molecule is COC(=O)C1=CN=N[N]1. The predicted octanol–water partition coefficient (Wildman–Crippen LogP) is -0.0140. The molecule has 1 aliphatic rings. The lowest BCUT2D eigenvalue weighted by atomic mass is 10.5. The molecule has 0 unspecified atom stereocenters. The van der Waals surface area contributed by atoms with E-state index in [0.29, 0.717) is 0 Å². The molecule has 0 fully saturated rings. The quantitative estimate of drug-likeness (QED) is 0.463. The van der Waals surface area contributed by atoms with Gasteiger partial charge in [0.05, 0.1) is 13.3 Å². The number of nitrogens with zero attached hydrogens (tertiary/aromatic N) is 3. The summed E-state index contributed by atoms with van der Waals surface area (Å²) in [7, 11) is 1.27. The molecule has 47 valence electrons. The van der Waals surface area contributed by atoms with Crippen molar-refractivity contribution in [3.63, 3.8) is 0 Å². The van der Waals surface area contributed by atoms with Crippen LogP contribution in [0.1, 0.15) is 0 Å². The molecule has 1 heterocycles. The van der Waals surface area contributed by atoms with Crippen LogP contribution in [0.5, 0.6) is 0 Å². The van der Waals surface area contributed by atoms with Crippen LogP contribution in [0, 0.1) is 0 Å². The Balaban J connectivity index is 2.55. The largest absolute Gasteiger partial charge is 0.464 e. The summed E-state index contributed by atoms with van der Waals surface area (Å²) in [5, 5.41) is 6.52. The molecular weight excluding hydrogens is 122 g/mol. The Morgan fingerprint density at radius 3 is 3.00 bits per heavy atom. The molecule has 5 heteroatoms. The van der Waals surface area contributed by atoms with Gasteiger partial charge in [0.15, 0.2) is 5.70 Å². The number of hydrogen-bond donors (Lipinski definition) is 0. The van der Waals surface area contributed by atoms with E-state index in [1.807, 2.05) is 0 Å². The van der Waals surface area contributed by atoms with Crippen molar-refractivity contribution in [2.45, 2.75) is 0 Å². The molecule has 0 saturated carbocycles. The summed E-state index contributed by atoms with van der Waals surface area (Å²) in [6.45, 7) is 0. The molecule has 0 spiro atoms. The van der Waals surface area contributed by atoms with Gasteiger partial charge in [0.1, 0.15) is 0 Å². The fraction of sp³-hybridized carbons (Fsp3) is 0.250. The molecular formula is C4H4N3O2. The minimum absolute atomic E-state index is 0.137. The van der Waals surface area contributed by atoms with Crippen LogP contribution in [-0.4, -0.2) is 13.1 Å². The first-order chi connectivity index (χ1) is 4.34. The molecule has 0 bridgehead atoms. The zero-order valence-electron chi connectivity index (χ0n) is 4.74. The summed E-state index contributed by atoms with van der Waals surface area (Å²) < 4.78 is 4.31. The monoisotopic (exact) mass is 126 g/mol. The van der Waals surface area contributed by atoms with Gasteiger partial charge in [0.25, 0.3) is 0 Å². The number of rotatable bonds is 1. The lowest BCUT2D eigenvalue weighted by Gasteiger charge is -1.92. The van der Waals surface area contributed by atoms with Crippen molar-refractivity contribution in [2.75, 3.05) is 7.11 Å². The Kier molecular flexibility index (Phi) is 1.44. The Morgan fingerprint density at radius 2 is 2.56 bits per heavy atom. The molecule has 1 rings (SSSR count). The fourth-order valence-electron chi connectivity index (χ4n) is 0.378. The van der Waals surface area contributed by atoms with Crippen LogP contribution in [0.4, 0.5) is 0 Å². The topological polar surface area (TPSA) is 65.1 Å². The number of methoxy groups -OCH3 is 1. The highest BCUT2D eigenvalue weighted by atomic mass is 16.5. The highest BCUT2D eigenvalue weighted by Crippen LogP contribution is 2.01. The predicted molar refractivity (Wildman–Crippen MR) is 27.1 cm³/mol. The molecule has 0 amide bonds. The fourth-order valence-corrected chi connectivity index (χ4v) is 0.378. The maximum atomic E-state index is 10.5. The van der Waals surface area contributed by atoms with Crippen molar-refractivity contribution in [3.05, 3.63) is 11.9 Å². The van der Waals surface area contributed by atoms with Gasteiger partial charge in [-0.3, -0.25) is 0 Å². The van der Waals surface area contributed by atoms with Crippen molar-refractivity contribution in [1.29, 1.82) is 0 Å². The van der Waals surface area contributed by atoms with E-state index in [9.17, 15) is 4.79 Å². The van der Waals surface area contributed by atoms with Gasteiger partial charge >= 0.3 is 5.97 Å². The number of carbonyl (C=O) groups excluding carboxylic acids is 1. The first kappa shape index (κ1) is 5.74. The molecule has 1 radical (unpaired) electrons. The third-order valence-corrected chi connectivity index (χ3v) is 0.779. The molecule has 0 atom stereocenters. The number of carbonyl (C=O) groups is 1. The molecule has 1 aliphatic heterocycles. The zero-order chi connectivity index (χ0) is 6.69. The van der Waals surface area contributed by atoms with Crippen LogP contribution < -0.4 is 5.43 Å². The van der Waals surface area contributed by atoms with Crippen LogP contribution >= 0.6 is 0 Å². The van der Waals surface area contributed by atoms with E-state index in [2.05, 4.69) is 20.5 Å². The second kappa shape index (κ2) is 2.25. The lowest BCUT2D eigenvalue weighted by molar-refractivity contribution is -0.136. The van der Waals surface area contributed by atoms with E-state index < -0.39 is 5.97 Å².